The highest BCUT2D eigenvalue weighted by Gasteiger charge is 2.11. The molecule has 2 aromatic rings. The molecule has 6 heteroatoms. The molecule has 0 fully saturated rings. The number of nitrogen functional groups attached to an aromatic ring is 1. The van der Waals surface area contributed by atoms with Crippen LogP contribution in [-0.2, 0) is 0 Å². The van der Waals surface area contributed by atoms with E-state index in [2.05, 4.69) is 15.3 Å². The molecule has 2 aromatic heterocycles. The molecule has 0 radical (unpaired) electrons. The summed E-state index contributed by atoms with van der Waals surface area (Å²) in [6, 6.07) is 0. The Morgan fingerprint density at radius 1 is 1.46 bits per heavy atom. The van der Waals surface area contributed by atoms with Crippen LogP contribution in [0.4, 0.5) is 5.69 Å². The first-order valence-electron chi connectivity index (χ1n) is 3.78. The first kappa shape index (κ1) is 8.18. The second-order valence-electron chi connectivity index (χ2n) is 2.72. The molecule has 2 heterocycles. The fourth-order valence-electron chi connectivity index (χ4n) is 1.10. The number of hydrogen-bond acceptors (Lipinski definition) is 5. The van der Waals surface area contributed by atoms with Crippen LogP contribution in [0.25, 0.3) is 5.13 Å². The molecule has 0 aromatic carbocycles. The smallest absolute Gasteiger partial charge is 0.232 e. The van der Waals surface area contributed by atoms with Crippen LogP contribution in [0.1, 0.15) is 11.4 Å². The Kier molecular flexibility index (Phi) is 1.77. The summed E-state index contributed by atoms with van der Waals surface area (Å²) >= 11 is 1.43. The molecular weight excluding hydrogens is 186 g/mol. The molecular formula is C7H9N5S. The summed E-state index contributed by atoms with van der Waals surface area (Å²) in [4.78, 5) is 0. The normalized spacial score (nSPS) is 10.6. The van der Waals surface area contributed by atoms with E-state index in [1.807, 2.05) is 13.8 Å². The second kappa shape index (κ2) is 2.81. The van der Waals surface area contributed by atoms with Gasteiger partial charge in [-0.2, -0.15) is 5.10 Å². The van der Waals surface area contributed by atoms with Crippen LogP contribution in [-0.4, -0.2) is 20.0 Å². The van der Waals surface area contributed by atoms with Crippen LogP contribution in [0, 0.1) is 13.8 Å². The molecule has 13 heavy (non-hydrogen) atoms. The minimum Gasteiger partial charge on any atom is -0.396 e. The highest BCUT2D eigenvalue weighted by atomic mass is 32.1. The van der Waals surface area contributed by atoms with E-state index in [1.165, 1.54) is 11.3 Å². The number of nitrogens with two attached hydrogens (primary N) is 1. The number of nitrogens with zero attached hydrogens (tertiary/aromatic N) is 4. The average molecular weight is 195 g/mol. The minimum absolute atomic E-state index is 0.718. The quantitative estimate of drug-likeness (QED) is 0.734. The molecule has 0 saturated carbocycles. The van der Waals surface area contributed by atoms with Crippen molar-refractivity contribution in [3.63, 3.8) is 0 Å². The molecule has 0 aliphatic rings. The van der Waals surface area contributed by atoms with Crippen LogP contribution in [0.15, 0.2) is 5.51 Å². The molecule has 0 aliphatic carbocycles. The van der Waals surface area contributed by atoms with Gasteiger partial charge in [-0.05, 0) is 13.8 Å². The van der Waals surface area contributed by atoms with Gasteiger partial charge in [0.05, 0.1) is 17.1 Å². The van der Waals surface area contributed by atoms with E-state index in [9.17, 15) is 0 Å². The highest BCUT2D eigenvalue weighted by Crippen LogP contribution is 2.19. The zero-order chi connectivity index (χ0) is 9.42. The van der Waals surface area contributed by atoms with E-state index < -0.39 is 0 Å². The van der Waals surface area contributed by atoms with E-state index in [0.29, 0.717) is 0 Å². The summed E-state index contributed by atoms with van der Waals surface area (Å²) < 4.78 is 1.71. The first-order valence-corrected chi connectivity index (χ1v) is 4.66. The Balaban J connectivity index is 2.59. The standard InChI is InChI=1S/C7H9N5S/c1-4-6(8)5(2)12(11-4)7-10-9-3-13-7/h3H,8H2,1-2H3. The molecule has 0 saturated heterocycles. The summed E-state index contributed by atoms with van der Waals surface area (Å²) in [6.07, 6.45) is 0. The predicted octanol–water partition coefficient (Wildman–Crippen LogP) is 0.923. The summed E-state index contributed by atoms with van der Waals surface area (Å²) in [5.41, 5.74) is 9.91. The summed E-state index contributed by atoms with van der Waals surface area (Å²) in [7, 11) is 0. The average Bonchev–Trinajstić information content (AvgIpc) is 2.70. The Morgan fingerprint density at radius 3 is 2.69 bits per heavy atom. The third-order valence-corrected chi connectivity index (χ3v) is 2.54. The zero-order valence-electron chi connectivity index (χ0n) is 7.35. The molecule has 2 rings (SSSR count). The van der Waals surface area contributed by atoms with Gasteiger partial charge in [0.1, 0.15) is 5.51 Å². The van der Waals surface area contributed by atoms with Crippen molar-refractivity contribution in [2.75, 3.05) is 5.73 Å². The largest absolute Gasteiger partial charge is 0.396 e. The summed E-state index contributed by atoms with van der Waals surface area (Å²) in [5, 5.41) is 12.7. The van der Waals surface area contributed by atoms with Gasteiger partial charge in [-0.1, -0.05) is 11.3 Å². The lowest BCUT2D eigenvalue weighted by atomic mass is 10.3. The van der Waals surface area contributed by atoms with Crippen LogP contribution in [0.2, 0.25) is 0 Å². The van der Waals surface area contributed by atoms with Gasteiger partial charge in [0, 0.05) is 0 Å². The van der Waals surface area contributed by atoms with Crippen LogP contribution >= 0.6 is 11.3 Å². The van der Waals surface area contributed by atoms with Crippen LogP contribution < -0.4 is 5.73 Å². The number of hydrogen-bond donors (Lipinski definition) is 1. The van der Waals surface area contributed by atoms with Crippen LogP contribution in [0.3, 0.4) is 0 Å². The summed E-state index contributed by atoms with van der Waals surface area (Å²) in [5.74, 6) is 0. The maximum absolute atomic E-state index is 5.78. The Morgan fingerprint density at radius 2 is 2.23 bits per heavy atom. The Hall–Kier alpha value is -1.43. The number of aryl methyl sites for hydroxylation is 1. The predicted molar refractivity (Wildman–Crippen MR) is 50.9 cm³/mol. The third-order valence-electron chi connectivity index (χ3n) is 1.88. The molecule has 5 nitrogen and oxygen atoms in total. The fraction of sp³-hybridized carbons (Fsp3) is 0.286. The van der Waals surface area contributed by atoms with E-state index in [0.717, 1.165) is 22.2 Å². The molecule has 0 spiro atoms. The molecule has 0 atom stereocenters. The van der Waals surface area contributed by atoms with Crippen molar-refractivity contribution >= 4 is 17.0 Å². The van der Waals surface area contributed by atoms with E-state index in [1.54, 1.807) is 10.2 Å². The molecule has 0 aliphatic heterocycles. The van der Waals surface area contributed by atoms with Crippen molar-refractivity contribution in [3.05, 3.63) is 16.9 Å². The van der Waals surface area contributed by atoms with Crippen molar-refractivity contribution in [3.8, 4) is 5.13 Å². The van der Waals surface area contributed by atoms with Gasteiger partial charge in [-0.3, -0.25) is 0 Å². The molecule has 0 unspecified atom stereocenters. The van der Waals surface area contributed by atoms with Crippen molar-refractivity contribution in [2.45, 2.75) is 13.8 Å². The van der Waals surface area contributed by atoms with Gasteiger partial charge in [-0.25, -0.2) is 4.68 Å². The molecule has 2 N–H and O–H groups in total. The first-order chi connectivity index (χ1) is 6.20. The van der Waals surface area contributed by atoms with Crippen molar-refractivity contribution < 1.29 is 0 Å². The van der Waals surface area contributed by atoms with Crippen molar-refractivity contribution in [1.29, 1.82) is 0 Å². The monoisotopic (exact) mass is 195 g/mol. The van der Waals surface area contributed by atoms with Crippen molar-refractivity contribution in [1.82, 2.24) is 20.0 Å². The van der Waals surface area contributed by atoms with Gasteiger partial charge < -0.3 is 5.73 Å². The van der Waals surface area contributed by atoms with E-state index in [-0.39, 0.29) is 0 Å². The van der Waals surface area contributed by atoms with E-state index >= 15 is 0 Å². The maximum Gasteiger partial charge on any atom is 0.232 e. The SMILES string of the molecule is Cc1nn(-c2nncs2)c(C)c1N. The Bertz CT molecular complexity index is 416. The Labute approximate surface area is 79.2 Å². The molecule has 68 valence electrons. The minimum atomic E-state index is 0.718. The molecule has 0 amide bonds. The zero-order valence-corrected chi connectivity index (χ0v) is 8.17. The topological polar surface area (TPSA) is 69.6 Å². The van der Waals surface area contributed by atoms with Gasteiger partial charge in [0.2, 0.25) is 5.13 Å². The number of rotatable bonds is 1. The van der Waals surface area contributed by atoms with Gasteiger partial charge in [0.25, 0.3) is 0 Å². The molecule has 0 bridgehead atoms. The maximum atomic E-state index is 5.78. The number of aromatic nitrogens is 4. The lowest BCUT2D eigenvalue weighted by Crippen LogP contribution is -1.98. The number of anilines is 1. The lowest BCUT2D eigenvalue weighted by molar-refractivity contribution is 0.808. The van der Waals surface area contributed by atoms with Gasteiger partial charge >= 0.3 is 0 Å². The van der Waals surface area contributed by atoms with Gasteiger partial charge in [-0.15, -0.1) is 10.2 Å². The van der Waals surface area contributed by atoms with Crippen LogP contribution in [0.5, 0.6) is 0 Å². The lowest BCUT2D eigenvalue weighted by Gasteiger charge is -1.96. The second-order valence-corrected chi connectivity index (χ2v) is 3.53. The fourth-order valence-corrected chi connectivity index (χ4v) is 1.66. The van der Waals surface area contributed by atoms with E-state index in [4.69, 9.17) is 5.73 Å². The highest BCUT2D eigenvalue weighted by molar-refractivity contribution is 7.11. The van der Waals surface area contributed by atoms with Gasteiger partial charge in [0.15, 0.2) is 0 Å². The summed E-state index contributed by atoms with van der Waals surface area (Å²) in [6.45, 7) is 3.79. The van der Waals surface area contributed by atoms with Crippen molar-refractivity contribution in [2.24, 2.45) is 0 Å². The third kappa shape index (κ3) is 1.19.